The summed E-state index contributed by atoms with van der Waals surface area (Å²) in [6.07, 6.45) is 0. The van der Waals surface area contributed by atoms with Gasteiger partial charge in [-0.15, -0.1) is 0 Å². The average Bonchev–Trinajstić information content (AvgIpc) is 2.72. The molecule has 1 aromatic carbocycles. The Morgan fingerprint density at radius 3 is 2.74 bits per heavy atom. The van der Waals surface area contributed by atoms with E-state index in [9.17, 15) is 8.42 Å². The zero-order valence-electron chi connectivity index (χ0n) is 9.83. The number of rotatable bonds is 4. The van der Waals surface area contributed by atoms with E-state index in [-0.39, 0.29) is 16.5 Å². The van der Waals surface area contributed by atoms with Gasteiger partial charge in [0.05, 0.1) is 9.92 Å². The normalized spacial score (nSPS) is 11.5. The second kappa shape index (κ2) is 5.16. The molecule has 102 valence electrons. The van der Waals surface area contributed by atoms with Gasteiger partial charge in [-0.3, -0.25) is 0 Å². The number of aryl methyl sites for hydroxylation is 1. The SMILES string of the molecule is Cc1nc(COc2ccc(S(N)(=O)=O)cc2Cl)no1. The second-order valence-electron chi connectivity index (χ2n) is 3.66. The number of primary sulfonamides is 1. The summed E-state index contributed by atoms with van der Waals surface area (Å²) >= 11 is 5.90. The number of hydrogen-bond acceptors (Lipinski definition) is 6. The fourth-order valence-corrected chi connectivity index (χ4v) is 2.16. The zero-order valence-corrected chi connectivity index (χ0v) is 11.4. The summed E-state index contributed by atoms with van der Waals surface area (Å²) < 4.78 is 32.4. The minimum absolute atomic E-state index is 0.0613. The van der Waals surface area contributed by atoms with Gasteiger partial charge in [-0.25, -0.2) is 13.6 Å². The average molecular weight is 304 g/mol. The number of nitrogens with zero attached hydrogens (tertiary/aromatic N) is 2. The topological polar surface area (TPSA) is 108 Å². The van der Waals surface area contributed by atoms with Crippen LogP contribution in [0.1, 0.15) is 11.7 Å². The third kappa shape index (κ3) is 3.43. The number of benzene rings is 1. The Morgan fingerprint density at radius 2 is 2.21 bits per heavy atom. The fourth-order valence-electron chi connectivity index (χ4n) is 1.32. The van der Waals surface area contributed by atoms with Crippen molar-refractivity contribution in [2.75, 3.05) is 0 Å². The predicted molar refractivity (Wildman–Crippen MR) is 66.2 cm³/mol. The zero-order chi connectivity index (χ0) is 14.0. The summed E-state index contributed by atoms with van der Waals surface area (Å²) in [5.41, 5.74) is 0. The standard InChI is InChI=1S/C10H10ClN3O4S/c1-6-13-10(14-18-6)5-17-9-3-2-7(4-8(9)11)19(12,15)16/h2-4H,5H2,1H3,(H2,12,15,16). The molecule has 2 N–H and O–H groups in total. The molecule has 2 rings (SSSR count). The van der Waals surface area contributed by atoms with E-state index >= 15 is 0 Å². The van der Waals surface area contributed by atoms with Crippen LogP contribution in [0.2, 0.25) is 5.02 Å². The summed E-state index contributed by atoms with van der Waals surface area (Å²) in [5, 5.41) is 8.76. The summed E-state index contributed by atoms with van der Waals surface area (Å²) in [4.78, 5) is 3.87. The van der Waals surface area contributed by atoms with Gasteiger partial charge in [-0.05, 0) is 18.2 Å². The lowest BCUT2D eigenvalue weighted by Gasteiger charge is -2.06. The first-order valence-electron chi connectivity index (χ1n) is 5.10. The van der Waals surface area contributed by atoms with Crippen molar-refractivity contribution >= 4 is 21.6 Å². The molecule has 0 amide bonds. The Hall–Kier alpha value is -1.64. The molecule has 19 heavy (non-hydrogen) atoms. The lowest BCUT2D eigenvalue weighted by Crippen LogP contribution is -2.12. The number of ether oxygens (including phenoxy) is 1. The second-order valence-corrected chi connectivity index (χ2v) is 5.62. The van der Waals surface area contributed by atoms with Crippen LogP contribution < -0.4 is 9.88 Å². The predicted octanol–water partition coefficient (Wildman–Crippen LogP) is 1.26. The van der Waals surface area contributed by atoms with Gasteiger partial charge < -0.3 is 9.26 Å². The number of hydrogen-bond donors (Lipinski definition) is 1. The summed E-state index contributed by atoms with van der Waals surface area (Å²) in [6.45, 7) is 1.72. The number of nitrogens with two attached hydrogens (primary N) is 1. The smallest absolute Gasteiger partial charge is 0.238 e. The Labute approximate surface area is 114 Å². The van der Waals surface area contributed by atoms with Crippen molar-refractivity contribution in [1.82, 2.24) is 10.1 Å². The van der Waals surface area contributed by atoms with Gasteiger partial charge in [-0.2, -0.15) is 4.98 Å². The molecular weight excluding hydrogens is 294 g/mol. The summed E-state index contributed by atoms with van der Waals surface area (Å²) in [6, 6.07) is 3.93. The molecule has 1 aromatic heterocycles. The van der Waals surface area contributed by atoms with Crippen molar-refractivity contribution in [2.24, 2.45) is 5.14 Å². The molecule has 2 aromatic rings. The largest absolute Gasteiger partial charge is 0.484 e. The van der Waals surface area contributed by atoms with Crippen molar-refractivity contribution in [3.8, 4) is 5.75 Å². The van der Waals surface area contributed by atoms with Crippen molar-refractivity contribution in [3.05, 3.63) is 34.9 Å². The number of halogens is 1. The van der Waals surface area contributed by atoms with Crippen LogP contribution in [0.4, 0.5) is 0 Å². The molecule has 0 bridgehead atoms. The fraction of sp³-hybridized carbons (Fsp3) is 0.200. The maximum absolute atomic E-state index is 11.1. The van der Waals surface area contributed by atoms with Crippen LogP contribution in [-0.4, -0.2) is 18.6 Å². The lowest BCUT2D eigenvalue weighted by atomic mass is 10.3. The molecular formula is C10H10ClN3O4S. The molecule has 1 heterocycles. The van der Waals surface area contributed by atoms with E-state index in [1.54, 1.807) is 6.92 Å². The van der Waals surface area contributed by atoms with E-state index in [0.717, 1.165) is 0 Å². The Balaban J connectivity index is 2.14. The van der Waals surface area contributed by atoms with Gasteiger partial charge in [0.1, 0.15) is 5.75 Å². The first-order valence-corrected chi connectivity index (χ1v) is 7.03. The molecule has 0 saturated heterocycles. The van der Waals surface area contributed by atoms with Crippen molar-refractivity contribution in [2.45, 2.75) is 18.4 Å². The highest BCUT2D eigenvalue weighted by Crippen LogP contribution is 2.27. The first kappa shape index (κ1) is 13.8. The van der Waals surface area contributed by atoms with Gasteiger partial charge in [-0.1, -0.05) is 16.8 Å². The maximum Gasteiger partial charge on any atom is 0.238 e. The van der Waals surface area contributed by atoms with E-state index < -0.39 is 10.0 Å². The van der Waals surface area contributed by atoms with Crippen LogP contribution in [0.5, 0.6) is 5.75 Å². The summed E-state index contributed by atoms with van der Waals surface area (Å²) in [5.74, 6) is 1.09. The third-order valence-electron chi connectivity index (χ3n) is 2.16. The van der Waals surface area contributed by atoms with Crippen molar-refractivity contribution in [1.29, 1.82) is 0 Å². The molecule has 0 spiro atoms. The summed E-state index contributed by atoms with van der Waals surface area (Å²) in [7, 11) is -3.79. The number of aromatic nitrogens is 2. The van der Waals surface area contributed by atoms with E-state index in [4.69, 9.17) is 26.0 Å². The Kier molecular flexibility index (Phi) is 3.74. The lowest BCUT2D eigenvalue weighted by molar-refractivity contribution is 0.285. The van der Waals surface area contributed by atoms with Crippen LogP contribution in [0.3, 0.4) is 0 Å². The third-order valence-corrected chi connectivity index (χ3v) is 3.36. The molecule has 0 aliphatic rings. The highest BCUT2D eigenvalue weighted by atomic mass is 35.5. The minimum Gasteiger partial charge on any atom is -0.484 e. The van der Waals surface area contributed by atoms with Crippen LogP contribution in [0.15, 0.2) is 27.6 Å². The monoisotopic (exact) mass is 303 g/mol. The highest BCUT2D eigenvalue weighted by molar-refractivity contribution is 7.89. The van der Waals surface area contributed by atoms with Crippen LogP contribution in [0.25, 0.3) is 0 Å². The molecule has 0 unspecified atom stereocenters. The molecule has 0 saturated carbocycles. The highest BCUT2D eigenvalue weighted by Gasteiger charge is 2.12. The van der Waals surface area contributed by atoms with Crippen LogP contribution in [-0.2, 0) is 16.6 Å². The van der Waals surface area contributed by atoms with Gasteiger partial charge >= 0.3 is 0 Å². The number of sulfonamides is 1. The van der Waals surface area contributed by atoms with Gasteiger partial charge in [0.2, 0.25) is 21.7 Å². The van der Waals surface area contributed by atoms with Crippen molar-refractivity contribution < 1.29 is 17.7 Å². The van der Waals surface area contributed by atoms with Gasteiger partial charge in [0.25, 0.3) is 0 Å². The van der Waals surface area contributed by atoms with E-state index in [1.165, 1.54) is 18.2 Å². The minimum atomic E-state index is -3.79. The molecule has 0 atom stereocenters. The van der Waals surface area contributed by atoms with Crippen molar-refractivity contribution in [3.63, 3.8) is 0 Å². The van der Waals surface area contributed by atoms with Gasteiger partial charge in [0.15, 0.2) is 6.61 Å². The molecule has 0 fully saturated rings. The Morgan fingerprint density at radius 1 is 1.47 bits per heavy atom. The maximum atomic E-state index is 11.1. The molecule has 9 heteroatoms. The van der Waals surface area contributed by atoms with Crippen LogP contribution >= 0.6 is 11.6 Å². The molecule has 0 aliphatic carbocycles. The molecule has 0 aliphatic heterocycles. The molecule has 0 radical (unpaired) electrons. The van der Waals surface area contributed by atoms with E-state index in [2.05, 4.69) is 10.1 Å². The first-order chi connectivity index (χ1) is 8.86. The van der Waals surface area contributed by atoms with Gasteiger partial charge in [0, 0.05) is 6.92 Å². The molecule has 7 nitrogen and oxygen atoms in total. The van der Waals surface area contributed by atoms with E-state index in [1.807, 2.05) is 0 Å². The quantitative estimate of drug-likeness (QED) is 0.910. The van der Waals surface area contributed by atoms with Crippen LogP contribution in [0, 0.1) is 6.92 Å². The Bertz CT molecular complexity index is 699. The van der Waals surface area contributed by atoms with E-state index in [0.29, 0.717) is 17.5 Å².